The lowest BCUT2D eigenvalue weighted by Crippen LogP contribution is -2.19. The van der Waals surface area contributed by atoms with Gasteiger partial charge in [0, 0.05) is 17.7 Å². The Morgan fingerprint density at radius 1 is 1.19 bits per heavy atom. The van der Waals surface area contributed by atoms with Crippen molar-refractivity contribution in [2.45, 2.75) is 0 Å². The number of amides is 1. The highest BCUT2D eigenvalue weighted by Gasteiger charge is 2.23. The number of nitro benzene ring substituents is 1. The van der Waals surface area contributed by atoms with Gasteiger partial charge in [0.05, 0.1) is 23.2 Å². The Morgan fingerprint density at radius 2 is 1.96 bits per heavy atom. The molecule has 8 nitrogen and oxygen atoms in total. The monoisotopic (exact) mass is 382 g/mol. The standard InChI is InChI=1S/C18H14N4O4S/c1-26-15-7-5-12(6-8-15)10-16-17(23)20-18(27-16)21-19-11-13-3-2-4-14(9-13)22(24)25/h2-11H,1H3,(H,20,21,23)/b16-10+,19-11-. The fraction of sp³-hybridized carbons (Fsp3) is 0.0556. The van der Waals surface area contributed by atoms with E-state index in [2.05, 4.69) is 15.5 Å². The van der Waals surface area contributed by atoms with E-state index in [4.69, 9.17) is 4.74 Å². The van der Waals surface area contributed by atoms with Crippen LogP contribution in [0.15, 0.2) is 63.6 Å². The number of non-ortho nitro benzene ring substituents is 1. The number of hydrogen-bond donors (Lipinski definition) is 1. The maximum Gasteiger partial charge on any atom is 0.270 e. The number of thioether (sulfide) groups is 1. The summed E-state index contributed by atoms with van der Waals surface area (Å²) in [6.45, 7) is 0. The molecular formula is C18H14N4O4S. The second-order valence-corrected chi connectivity index (χ2v) is 6.37. The fourth-order valence-corrected chi connectivity index (χ4v) is 2.97. The van der Waals surface area contributed by atoms with Crippen molar-refractivity contribution in [2.24, 2.45) is 10.2 Å². The van der Waals surface area contributed by atoms with Crippen molar-refractivity contribution in [2.75, 3.05) is 7.11 Å². The molecule has 0 saturated carbocycles. The molecule has 1 saturated heterocycles. The van der Waals surface area contributed by atoms with E-state index in [-0.39, 0.29) is 11.6 Å². The van der Waals surface area contributed by atoms with E-state index in [0.717, 1.165) is 23.1 Å². The molecule has 0 spiro atoms. The minimum atomic E-state index is -0.480. The van der Waals surface area contributed by atoms with Gasteiger partial charge in [-0.25, -0.2) is 0 Å². The summed E-state index contributed by atoms with van der Waals surface area (Å²) in [5, 5.41) is 21.6. The lowest BCUT2D eigenvalue weighted by molar-refractivity contribution is -0.384. The molecule has 1 aliphatic heterocycles. The Bertz CT molecular complexity index is 968. The van der Waals surface area contributed by atoms with Crippen LogP contribution in [-0.4, -0.2) is 29.3 Å². The highest BCUT2D eigenvalue weighted by Crippen LogP contribution is 2.26. The van der Waals surface area contributed by atoms with Crippen LogP contribution in [-0.2, 0) is 4.79 Å². The number of carbonyl (C=O) groups excluding carboxylic acids is 1. The summed E-state index contributed by atoms with van der Waals surface area (Å²) in [5.41, 5.74) is 1.37. The van der Waals surface area contributed by atoms with Crippen LogP contribution in [0.4, 0.5) is 5.69 Å². The van der Waals surface area contributed by atoms with Gasteiger partial charge in [0.15, 0.2) is 5.17 Å². The largest absolute Gasteiger partial charge is 0.497 e. The molecule has 1 amide bonds. The van der Waals surface area contributed by atoms with Crippen molar-refractivity contribution in [1.82, 2.24) is 5.32 Å². The predicted octanol–water partition coefficient (Wildman–Crippen LogP) is 3.20. The fourth-order valence-electron chi connectivity index (χ4n) is 2.19. The van der Waals surface area contributed by atoms with Crippen LogP contribution < -0.4 is 10.1 Å². The normalized spacial score (nSPS) is 16.9. The van der Waals surface area contributed by atoms with Gasteiger partial charge in [-0.15, -0.1) is 5.10 Å². The second kappa shape index (κ2) is 8.28. The first kappa shape index (κ1) is 18.3. The maximum atomic E-state index is 12.0. The molecule has 9 heteroatoms. The maximum absolute atomic E-state index is 12.0. The van der Waals surface area contributed by atoms with Crippen LogP contribution in [0.25, 0.3) is 6.08 Å². The van der Waals surface area contributed by atoms with Gasteiger partial charge in [0.2, 0.25) is 0 Å². The molecule has 136 valence electrons. The summed E-state index contributed by atoms with van der Waals surface area (Å²) in [7, 11) is 1.59. The summed E-state index contributed by atoms with van der Waals surface area (Å²) in [4.78, 5) is 22.8. The minimum Gasteiger partial charge on any atom is -0.497 e. The molecule has 2 aromatic carbocycles. The van der Waals surface area contributed by atoms with Gasteiger partial charge in [-0.2, -0.15) is 5.10 Å². The highest BCUT2D eigenvalue weighted by molar-refractivity contribution is 8.18. The minimum absolute atomic E-state index is 0.0279. The quantitative estimate of drug-likeness (QED) is 0.370. The Kier molecular flexibility index (Phi) is 5.62. The summed E-state index contributed by atoms with van der Waals surface area (Å²) >= 11 is 1.16. The van der Waals surface area contributed by atoms with Gasteiger partial charge < -0.3 is 4.74 Å². The number of ether oxygens (including phenoxy) is 1. The van der Waals surface area contributed by atoms with Crippen molar-refractivity contribution in [3.63, 3.8) is 0 Å². The molecule has 1 fully saturated rings. The van der Waals surface area contributed by atoms with Crippen LogP contribution in [0.2, 0.25) is 0 Å². The average molecular weight is 382 g/mol. The molecule has 2 aromatic rings. The lowest BCUT2D eigenvalue weighted by atomic mass is 10.2. The van der Waals surface area contributed by atoms with E-state index in [0.29, 0.717) is 15.6 Å². The smallest absolute Gasteiger partial charge is 0.270 e. The van der Waals surface area contributed by atoms with Crippen molar-refractivity contribution < 1.29 is 14.5 Å². The highest BCUT2D eigenvalue weighted by atomic mass is 32.2. The van der Waals surface area contributed by atoms with Crippen LogP contribution in [0.1, 0.15) is 11.1 Å². The van der Waals surface area contributed by atoms with Crippen molar-refractivity contribution in [1.29, 1.82) is 0 Å². The number of methoxy groups -OCH3 is 1. The van der Waals surface area contributed by atoms with Crippen LogP contribution in [0.5, 0.6) is 5.75 Å². The van der Waals surface area contributed by atoms with Crippen LogP contribution >= 0.6 is 11.8 Å². The summed E-state index contributed by atoms with van der Waals surface area (Å²) < 4.78 is 5.10. The first-order valence-electron chi connectivity index (χ1n) is 7.75. The number of rotatable bonds is 5. The molecule has 1 N–H and O–H groups in total. The average Bonchev–Trinajstić information content (AvgIpc) is 3.02. The van der Waals surface area contributed by atoms with E-state index in [1.807, 2.05) is 24.3 Å². The van der Waals surface area contributed by atoms with Gasteiger partial charge in [-0.3, -0.25) is 20.2 Å². The zero-order valence-corrected chi connectivity index (χ0v) is 15.0. The first-order chi connectivity index (χ1) is 13.0. The molecule has 0 aliphatic carbocycles. The second-order valence-electron chi connectivity index (χ2n) is 5.34. The van der Waals surface area contributed by atoms with Gasteiger partial charge in [-0.05, 0) is 35.5 Å². The van der Waals surface area contributed by atoms with Crippen LogP contribution in [0.3, 0.4) is 0 Å². The number of benzene rings is 2. The number of nitro groups is 1. The van der Waals surface area contributed by atoms with Gasteiger partial charge in [0.1, 0.15) is 5.75 Å². The Balaban J connectivity index is 1.70. The third-order valence-electron chi connectivity index (χ3n) is 3.50. The Hall–Kier alpha value is -3.46. The first-order valence-corrected chi connectivity index (χ1v) is 8.57. The van der Waals surface area contributed by atoms with Gasteiger partial charge in [0.25, 0.3) is 11.6 Å². The summed E-state index contributed by atoms with van der Waals surface area (Å²) in [6.07, 6.45) is 3.13. The van der Waals surface area contributed by atoms with Gasteiger partial charge >= 0.3 is 0 Å². The number of nitrogens with zero attached hydrogens (tertiary/aromatic N) is 3. The van der Waals surface area contributed by atoms with E-state index in [1.165, 1.54) is 18.3 Å². The molecule has 1 aliphatic rings. The van der Waals surface area contributed by atoms with E-state index in [9.17, 15) is 14.9 Å². The van der Waals surface area contributed by atoms with Crippen molar-refractivity contribution in [3.8, 4) is 5.75 Å². The zero-order valence-electron chi connectivity index (χ0n) is 14.2. The van der Waals surface area contributed by atoms with E-state index >= 15 is 0 Å². The summed E-state index contributed by atoms with van der Waals surface area (Å²) in [5.74, 6) is 0.471. The number of amidine groups is 1. The van der Waals surface area contributed by atoms with E-state index in [1.54, 1.807) is 25.3 Å². The number of carbonyl (C=O) groups is 1. The SMILES string of the molecule is COc1ccc(/C=C2/S/C(=N\N=C/c3cccc([N+](=O)[O-])c3)NC2=O)cc1. The summed E-state index contributed by atoms with van der Waals surface area (Å²) in [6, 6.07) is 13.3. The van der Waals surface area contributed by atoms with Crippen molar-refractivity contribution in [3.05, 3.63) is 74.7 Å². The molecule has 0 aromatic heterocycles. The lowest BCUT2D eigenvalue weighted by Gasteiger charge is -1.99. The van der Waals surface area contributed by atoms with Crippen LogP contribution in [0, 0.1) is 10.1 Å². The Labute approximate surface area is 158 Å². The third-order valence-corrected chi connectivity index (χ3v) is 4.40. The topological polar surface area (TPSA) is 106 Å². The van der Waals surface area contributed by atoms with E-state index < -0.39 is 4.92 Å². The third kappa shape index (κ3) is 4.79. The van der Waals surface area contributed by atoms with Crippen molar-refractivity contribution >= 4 is 40.8 Å². The number of nitrogens with one attached hydrogen (secondary N) is 1. The number of hydrogen-bond acceptors (Lipinski definition) is 7. The molecule has 27 heavy (non-hydrogen) atoms. The van der Waals surface area contributed by atoms with Gasteiger partial charge in [-0.1, -0.05) is 24.3 Å². The molecule has 0 radical (unpaired) electrons. The molecule has 0 unspecified atom stereocenters. The predicted molar refractivity (Wildman–Crippen MR) is 105 cm³/mol. The molecule has 0 bridgehead atoms. The molecule has 3 rings (SSSR count). The Morgan fingerprint density at radius 3 is 2.67 bits per heavy atom. The molecule has 1 heterocycles. The molecular weight excluding hydrogens is 368 g/mol. The zero-order chi connectivity index (χ0) is 19.2. The molecule has 0 atom stereocenters.